The van der Waals surface area contributed by atoms with Crippen LogP contribution < -0.4 is 0 Å². The fraction of sp³-hybridized carbons (Fsp3) is 0.375. The second-order valence-electron chi connectivity index (χ2n) is 5.78. The summed E-state index contributed by atoms with van der Waals surface area (Å²) < 4.78 is 1.81. The van der Waals surface area contributed by atoms with Gasteiger partial charge in [0.05, 0.1) is 5.69 Å². The quantitative estimate of drug-likeness (QED) is 0.938. The molecule has 0 spiro atoms. The Labute approximate surface area is 123 Å². The van der Waals surface area contributed by atoms with Gasteiger partial charge in [0, 0.05) is 25.7 Å². The van der Waals surface area contributed by atoms with Crippen molar-refractivity contribution < 1.29 is 9.90 Å². The lowest BCUT2D eigenvalue weighted by atomic mass is 10.1. The highest BCUT2D eigenvalue weighted by Crippen LogP contribution is 2.24. The van der Waals surface area contributed by atoms with Crippen molar-refractivity contribution in [2.24, 2.45) is 0 Å². The highest BCUT2D eigenvalue weighted by atomic mass is 16.4. The van der Waals surface area contributed by atoms with Crippen LogP contribution in [0.25, 0.3) is 0 Å². The summed E-state index contributed by atoms with van der Waals surface area (Å²) in [5.41, 5.74) is 3.78. The predicted molar refractivity (Wildman–Crippen MR) is 79.0 cm³/mol. The standard InChI is InChI=1S/C16H19N3O2/c1-11(2)19-14(7-15(17-19)16(20)21)10-18-8-12-5-3-4-6-13(12)9-18/h3-7,11H,8-10H2,1-2H3,(H,20,21). The second-order valence-corrected chi connectivity index (χ2v) is 5.78. The number of carboxylic acid groups (broad SMARTS) is 1. The Bertz CT molecular complexity index is 651. The normalized spacial score (nSPS) is 14.6. The molecule has 0 atom stereocenters. The third-order valence-electron chi connectivity index (χ3n) is 3.81. The van der Waals surface area contributed by atoms with Gasteiger partial charge in [0.2, 0.25) is 0 Å². The molecule has 1 N–H and O–H groups in total. The molecule has 2 heterocycles. The molecule has 1 aromatic carbocycles. The van der Waals surface area contributed by atoms with Gasteiger partial charge in [-0.3, -0.25) is 9.58 Å². The third-order valence-corrected chi connectivity index (χ3v) is 3.81. The minimum atomic E-state index is -0.972. The Morgan fingerprint density at radius 1 is 1.29 bits per heavy atom. The first-order chi connectivity index (χ1) is 10.0. The number of aromatic nitrogens is 2. The lowest BCUT2D eigenvalue weighted by molar-refractivity contribution is 0.0689. The van der Waals surface area contributed by atoms with Crippen molar-refractivity contribution in [3.8, 4) is 0 Å². The van der Waals surface area contributed by atoms with Crippen molar-refractivity contribution in [2.75, 3.05) is 0 Å². The smallest absolute Gasteiger partial charge is 0.356 e. The van der Waals surface area contributed by atoms with Crippen molar-refractivity contribution in [3.05, 3.63) is 52.8 Å². The lowest BCUT2D eigenvalue weighted by Gasteiger charge is -2.17. The molecule has 0 amide bonds. The largest absolute Gasteiger partial charge is 0.476 e. The summed E-state index contributed by atoms with van der Waals surface area (Å²) in [6, 6.07) is 10.3. The summed E-state index contributed by atoms with van der Waals surface area (Å²) in [4.78, 5) is 13.4. The maximum Gasteiger partial charge on any atom is 0.356 e. The fourth-order valence-electron chi connectivity index (χ4n) is 2.85. The molecule has 0 unspecified atom stereocenters. The van der Waals surface area contributed by atoms with Gasteiger partial charge in [-0.1, -0.05) is 24.3 Å². The molecule has 2 aromatic rings. The highest BCUT2D eigenvalue weighted by Gasteiger charge is 2.22. The number of carboxylic acids is 1. The van der Waals surface area contributed by atoms with Gasteiger partial charge in [0.1, 0.15) is 0 Å². The zero-order valence-electron chi connectivity index (χ0n) is 12.3. The summed E-state index contributed by atoms with van der Waals surface area (Å²) >= 11 is 0. The molecule has 0 fully saturated rings. The van der Waals surface area contributed by atoms with Crippen molar-refractivity contribution in [1.82, 2.24) is 14.7 Å². The van der Waals surface area contributed by atoms with Gasteiger partial charge in [-0.25, -0.2) is 4.79 Å². The third kappa shape index (κ3) is 2.69. The molecular formula is C16H19N3O2. The Kier molecular flexibility index (Phi) is 3.51. The number of rotatable bonds is 4. The number of hydrogen-bond acceptors (Lipinski definition) is 3. The molecule has 0 aliphatic carbocycles. The van der Waals surface area contributed by atoms with E-state index in [1.807, 2.05) is 18.5 Å². The molecule has 0 radical (unpaired) electrons. The zero-order valence-corrected chi connectivity index (χ0v) is 12.3. The molecule has 3 rings (SSSR count). The van der Waals surface area contributed by atoms with E-state index >= 15 is 0 Å². The molecule has 1 aliphatic rings. The second kappa shape index (κ2) is 5.33. The van der Waals surface area contributed by atoms with Gasteiger partial charge < -0.3 is 5.11 Å². The highest BCUT2D eigenvalue weighted by molar-refractivity contribution is 5.85. The topological polar surface area (TPSA) is 58.4 Å². The van der Waals surface area contributed by atoms with E-state index in [2.05, 4.69) is 34.3 Å². The first-order valence-electron chi connectivity index (χ1n) is 7.15. The molecule has 5 heteroatoms. The van der Waals surface area contributed by atoms with Crippen molar-refractivity contribution in [3.63, 3.8) is 0 Å². The maximum absolute atomic E-state index is 11.1. The number of carbonyl (C=O) groups is 1. The molecule has 21 heavy (non-hydrogen) atoms. The molecule has 1 aromatic heterocycles. The van der Waals surface area contributed by atoms with Crippen LogP contribution in [0.1, 0.15) is 47.2 Å². The van der Waals surface area contributed by atoms with Crippen LogP contribution in [0.3, 0.4) is 0 Å². The summed E-state index contributed by atoms with van der Waals surface area (Å²) in [6.07, 6.45) is 0. The van der Waals surface area contributed by atoms with E-state index in [-0.39, 0.29) is 11.7 Å². The summed E-state index contributed by atoms with van der Waals surface area (Å²) in [6.45, 7) is 6.55. The Morgan fingerprint density at radius 3 is 2.43 bits per heavy atom. The van der Waals surface area contributed by atoms with E-state index in [0.29, 0.717) is 6.54 Å². The molecule has 1 aliphatic heterocycles. The van der Waals surface area contributed by atoms with E-state index in [9.17, 15) is 4.79 Å². The van der Waals surface area contributed by atoms with E-state index in [0.717, 1.165) is 18.8 Å². The minimum Gasteiger partial charge on any atom is -0.476 e. The van der Waals surface area contributed by atoms with E-state index < -0.39 is 5.97 Å². The average Bonchev–Trinajstić information content (AvgIpc) is 3.02. The predicted octanol–water partition coefficient (Wildman–Crippen LogP) is 2.68. The minimum absolute atomic E-state index is 0.121. The van der Waals surface area contributed by atoms with Crippen LogP contribution in [0.4, 0.5) is 0 Å². The summed E-state index contributed by atoms with van der Waals surface area (Å²) in [5.74, 6) is -0.972. The maximum atomic E-state index is 11.1. The van der Waals surface area contributed by atoms with Gasteiger partial charge in [-0.05, 0) is 31.0 Å². The van der Waals surface area contributed by atoms with Gasteiger partial charge in [-0.15, -0.1) is 0 Å². The zero-order chi connectivity index (χ0) is 15.0. The first kappa shape index (κ1) is 13.8. The number of hydrogen-bond donors (Lipinski definition) is 1. The van der Waals surface area contributed by atoms with E-state index in [4.69, 9.17) is 5.11 Å². The van der Waals surface area contributed by atoms with E-state index in [1.165, 1.54) is 11.1 Å². The number of fused-ring (bicyclic) bond motifs is 1. The summed E-state index contributed by atoms with van der Waals surface area (Å²) in [7, 11) is 0. The monoisotopic (exact) mass is 285 g/mol. The van der Waals surface area contributed by atoms with Crippen LogP contribution in [0.15, 0.2) is 30.3 Å². The van der Waals surface area contributed by atoms with Crippen LogP contribution in [0.2, 0.25) is 0 Å². The SMILES string of the molecule is CC(C)n1nc(C(=O)O)cc1CN1Cc2ccccc2C1. The van der Waals surface area contributed by atoms with Gasteiger partial charge in [-0.2, -0.15) is 5.10 Å². The molecule has 5 nitrogen and oxygen atoms in total. The van der Waals surface area contributed by atoms with E-state index in [1.54, 1.807) is 6.07 Å². The number of nitrogens with zero attached hydrogens (tertiary/aromatic N) is 3. The molecule has 0 bridgehead atoms. The van der Waals surface area contributed by atoms with Gasteiger partial charge >= 0.3 is 5.97 Å². The van der Waals surface area contributed by atoms with Crippen LogP contribution in [-0.2, 0) is 19.6 Å². The molecular weight excluding hydrogens is 266 g/mol. The van der Waals surface area contributed by atoms with Crippen molar-refractivity contribution in [1.29, 1.82) is 0 Å². The molecule has 0 saturated carbocycles. The molecule has 0 saturated heterocycles. The van der Waals surface area contributed by atoms with Crippen LogP contribution in [0, 0.1) is 0 Å². The lowest BCUT2D eigenvalue weighted by Crippen LogP contribution is -2.19. The Balaban J connectivity index is 1.81. The number of benzene rings is 1. The Morgan fingerprint density at radius 2 is 1.90 bits per heavy atom. The molecule has 110 valence electrons. The van der Waals surface area contributed by atoms with Crippen molar-refractivity contribution >= 4 is 5.97 Å². The van der Waals surface area contributed by atoms with Crippen LogP contribution in [-0.4, -0.2) is 25.8 Å². The van der Waals surface area contributed by atoms with Gasteiger partial charge in [0.25, 0.3) is 0 Å². The first-order valence-corrected chi connectivity index (χ1v) is 7.15. The van der Waals surface area contributed by atoms with Crippen LogP contribution in [0.5, 0.6) is 0 Å². The van der Waals surface area contributed by atoms with Crippen LogP contribution >= 0.6 is 0 Å². The fourth-order valence-corrected chi connectivity index (χ4v) is 2.85. The van der Waals surface area contributed by atoms with Gasteiger partial charge in [0.15, 0.2) is 5.69 Å². The van der Waals surface area contributed by atoms with Crippen molar-refractivity contribution in [2.45, 2.75) is 39.5 Å². The summed E-state index contributed by atoms with van der Waals surface area (Å²) in [5, 5.41) is 13.3. The number of aromatic carboxylic acids is 1. The average molecular weight is 285 g/mol. The Hall–Kier alpha value is -2.14.